The summed E-state index contributed by atoms with van der Waals surface area (Å²) in [6.45, 7) is 0.277. The number of thiocarbonyl (C=S) groups is 1. The molecule has 0 aliphatic carbocycles. The normalized spacial score (nSPS) is 11.4. The van der Waals surface area contributed by atoms with Crippen LogP contribution in [0, 0.1) is 12.3 Å². The lowest BCUT2D eigenvalue weighted by molar-refractivity contribution is -0.121. The molecule has 0 fully saturated rings. The Hall–Kier alpha value is -1.86. The molecule has 122 valence electrons. The van der Waals surface area contributed by atoms with Gasteiger partial charge in [-0.15, -0.1) is 6.42 Å². The lowest BCUT2D eigenvalue weighted by atomic mass is 9.99. The highest BCUT2D eigenvalue weighted by molar-refractivity contribution is 7.80. The van der Waals surface area contributed by atoms with Crippen LogP contribution in [0.25, 0.3) is 0 Å². The van der Waals surface area contributed by atoms with Crippen molar-refractivity contribution < 1.29 is 4.79 Å². The lowest BCUT2D eigenvalue weighted by Crippen LogP contribution is -2.33. The van der Waals surface area contributed by atoms with Crippen LogP contribution in [0.2, 0.25) is 10.0 Å². The number of carbonyl (C=O) groups is 1. The summed E-state index contributed by atoms with van der Waals surface area (Å²) < 4.78 is 0. The molecule has 1 amide bonds. The Balaban J connectivity index is 1.92. The zero-order valence-electron chi connectivity index (χ0n) is 12.8. The molecule has 2 aromatic rings. The van der Waals surface area contributed by atoms with Crippen molar-refractivity contribution in [2.75, 3.05) is 6.54 Å². The molecule has 5 heteroatoms. The molecule has 0 saturated carbocycles. The topological polar surface area (TPSA) is 29.1 Å². The van der Waals surface area contributed by atoms with Gasteiger partial charge in [-0.1, -0.05) is 77.7 Å². The van der Waals surface area contributed by atoms with Crippen LogP contribution in [-0.2, 0) is 11.2 Å². The van der Waals surface area contributed by atoms with Gasteiger partial charge in [-0.05, 0) is 23.3 Å². The van der Waals surface area contributed by atoms with Crippen LogP contribution >= 0.6 is 35.4 Å². The summed E-state index contributed by atoms with van der Waals surface area (Å²) in [5.74, 6) is 1.66. The highest BCUT2D eigenvalue weighted by Crippen LogP contribution is 2.23. The Morgan fingerprint density at radius 3 is 2.50 bits per heavy atom. The summed E-state index contributed by atoms with van der Waals surface area (Å²) in [5.41, 5.74) is 1.73. The fraction of sp³-hybridized carbons (Fsp3) is 0.158. The van der Waals surface area contributed by atoms with E-state index in [1.807, 2.05) is 36.4 Å². The van der Waals surface area contributed by atoms with Crippen LogP contribution in [0.5, 0.6) is 0 Å². The average Bonchev–Trinajstić information content (AvgIpc) is 2.58. The number of hydrogen-bond acceptors (Lipinski definition) is 2. The third kappa shape index (κ3) is 5.07. The van der Waals surface area contributed by atoms with Gasteiger partial charge in [0.15, 0.2) is 0 Å². The largest absolute Gasteiger partial charge is 0.350 e. The van der Waals surface area contributed by atoms with Gasteiger partial charge in [0, 0.05) is 17.8 Å². The Morgan fingerprint density at radius 1 is 1.17 bits per heavy atom. The first-order valence-electron chi connectivity index (χ1n) is 7.25. The maximum Gasteiger partial charge on any atom is 0.239 e. The van der Waals surface area contributed by atoms with Crippen LogP contribution in [0.3, 0.4) is 0 Å². The van der Waals surface area contributed by atoms with Gasteiger partial charge < -0.3 is 5.32 Å². The number of hydrogen-bond donors (Lipinski definition) is 1. The van der Waals surface area contributed by atoms with E-state index in [1.54, 1.807) is 12.1 Å². The number of terminal acetylenes is 1. The number of amides is 1. The fourth-order valence-corrected chi connectivity index (χ4v) is 2.76. The Kier molecular flexibility index (Phi) is 6.81. The summed E-state index contributed by atoms with van der Waals surface area (Å²) in [6.07, 6.45) is 6.02. The van der Waals surface area contributed by atoms with E-state index in [2.05, 4.69) is 11.2 Å². The molecule has 0 spiro atoms. The number of carbonyl (C=O) groups excluding carboxylic acids is 1. The van der Waals surface area contributed by atoms with Gasteiger partial charge in [0.2, 0.25) is 5.91 Å². The van der Waals surface area contributed by atoms with E-state index >= 15 is 0 Å². The van der Waals surface area contributed by atoms with Gasteiger partial charge in [0.25, 0.3) is 0 Å². The van der Waals surface area contributed by atoms with E-state index in [9.17, 15) is 4.79 Å². The summed E-state index contributed by atoms with van der Waals surface area (Å²) in [4.78, 5) is 13.0. The van der Waals surface area contributed by atoms with Gasteiger partial charge >= 0.3 is 0 Å². The molecular formula is C19H15Cl2NOS. The summed E-state index contributed by atoms with van der Waals surface area (Å²) >= 11 is 17.2. The third-order valence-electron chi connectivity index (χ3n) is 3.41. The predicted molar refractivity (Wildman–Crippen MR) is 104 cm³/mol. The quantitative estimate of drug-likeness (QED) is 0.597. The van der Waals surface area contributed by atoms with E-state index in [1.165, 1.54) is 0 Å². The highest BCUT2D eigenvalue weighted by atomic mass is 35.5. The maximum absolute atomic E-state index is 12.3. The van der Waals surface area contributed by atoms with Crippen molar-refractivity contribution in [3.63, 3.8) is 0 Å². The molecule has 24 heavy (non-hydrogen) atoms. The molecular weight excluding hydrogens is 361 g/mol. The second kappa shape index (κ2) is 8.84. The van der Waals surface area contributed by atoms with Crippen molar-refractivity contribution in [3.05, 3.63) is 69.7 Å². The molecule has 0 heterocycles. The van der Waals surface area contributed by atoms with Crippen molar-refractivity contribution >= 4 is 46.2 Å². The molecule has 0 aliphatic rings. The molecule has 1 atom stereocenters. The first-order chi connectivity index (χ1) is 11.5. The zero-order valence-corrected chi connectivity index (χ0v) is 15.1. The van der Waals surface area contributed by atoms with Crippen molar-refractivity contribution in [3.8, 4) is 12.3 Å². The first-order valence-corrected chi connectivity index (χ1v) is 8.42. The maximum atomic E-state index is 12.3. The van der Waals surface area contributed by atoms with Crippen molar-refractivity contribution in [1.29, 1.82) is 0 Å². The van der Waals surface area contributed by atoms with E-state index in [4.69, 9.17) is 41.8 Å². The van der Waals surface area contributed by atoms with Gasteiger partial charge in [-0.3, -0.25) is 4.79 Å². The van der Waals surface area contributed by atoms with Crippen molar-refractivity contribution in [2.45, 2.75) is 12.3 Å². The minimum atomic E-state index is -0.626. The Morgan fingerprint density at radius 2 is 1.88 bits per heavy atom. The third-order valence-corrected chi connectivity index (χ3v) is 4.43. The lowest BCUT2D eigenvalue weighted by Gasteiger charge is -2.12. The van der Waals surface area contributed by atoms with Gasteiger partial charge in [0.05, 0.1) is 10.0 Å². The minimum Gasteiger partial charge on any atom is -0.350 e. The average molecular weight is 376 g/mol. The first kappa shape index (κ1) is 18.5. The van der Waals surface area contributed by atoms with Crippen LogP contribution in [0.4, 0.5) is 0 Å². The van der Waals surface area contributed by atoms with Crippen molar-refractivity contribution in [1.82, 2.24) is 5.32 Å². The smallest absolute Gasteiger partial charge is 0.239 e. The number of benzene rings is 2. The van der Waals surface area contributed by atoms with E-state index in [-0.39, 0.29) is 12.5 Å². The molecule has 1 N–H and O–H groups in total. The molecule has 2 rings (SSSR count). The van der Waals surface area contributed by atoms with E-state index in [0.717, 1.165) is 11.1 Å². The monoisotopic (exact) mass is 375 g/mol. The van der Waals surface area contributed by atoms with E-state index < -0.39 is 5.92 Å². The standard InChI is InChI=1S/C19H15Cl2NOS/c1-2-16(14-6-4-3-5-7-14)19(23)22-12-15(24)10-13-8-9-17(20)18(21)11-13/h1,3-9,11,16H,10,12H2,(H,22,23). The molecule has 2 nitrogen and oxygen atoms in total. The minimum absolute atomic E-state index is 0.236. The Bertz CT molecular complexity index is 784. The number of rotatable bonds is 6. The molecule has 0 aromatic heterocycles. The van der Waals surface area contributed by atoms with Gasteiger partial charge in [-0.25, -0.2) is 0 Å². The van der Waals surface area contributed by atoms with Gasteiger partial charge in [-0.2, -0.15) is 0 Å². The molecule has 2 aromatic carbocycles. The molecule has 0 bridgehead atoms. The Labute approximate surface area is 157 Å². The highest BCUT2D eigenvalue weighted by Gasteiger charge is 2.17. The summed E-state index contributed by atoms with van der Waals surface area (Å²) in [5, 5.41) is 3.78. The van der Waals surface area contributed by atoms with Crippen LogP contribution < -0.4 is 5.32 Å². The van der Waals surface area contributed by atoms with Crippen LogP contribution in [-0.4, -0.2) is 17.3 Å². The molecule has 1 unspecified atom stereocenters. The van der Waals surface area contributed by atoms with Crippen molar-refractivity contribution in [2.24, 2.45) is 0 Å². The molecule has 0 saturated heterocycles. The van der Waals surface area contributed by atoms with Crippen LogP contribution in [0.15, 0.2) is 48.5 Å². The van der Waals surface area contributed by atoms with Gasteiger partial charge in [0.1, 0.15) is 5.92 Å². The zero-order chi connectivity index (χ0) is 17.5. The summed E-state index contributed by atoms with van der Waals surface area (Å²) in [6, 6.07) is 14.6. The second-order valence-corrected chi connectivity index (χ2v) is 6.58. The SMILES string of the molecule is C#CC(C(=O)NCC(=S)Cc1ccc(Cl)c(Cl)c1)c1ccccc1. The molecule has 0 radical (unpaired) electrons. The predicted octanol–water partition coefficient (Wildman–Crippen LogP) is 4.44. The van der Waals surface area contributed by atoms with Crippen LogP contribution in [0.1, 0.15) is 17.0 Å². The van der Waals surface area contributed by atoms with E-state index in [0.29, 0.717) is 21.3 Å². The second-order valence-electron chi connectivity index (χ2n) is 5.19. The summed E-state index contributed by atoms with van der Waals surface area (Å²) in [7, 11) is 0. The number of halogens is 2. The number of nitrogens with one attached hydrogen (secondary N) is 1. The molecule has 0 aliphatic heterocycles. The fourth-order valence-electron chi connectivity index (χ4n) is 2.20.